The number of halogens is 1. The van der Waals surface area contributed by atoms with E-state index in [1.807, 2.05) is 6.92 Å². The molecule has 0 bridgehead atoms. The van der Waals surface area contributed by atoms with Crippen LogP contribution in [0.1, 0.15) is 26.7 Å². The molecule has 2 rings (SSSR count). The second kappa shape index (κ2) is 9.14. The third-order valence-corrected chi connectivity index (χ3v) is 6.34. The maximum Gasteiger partial charge on any atom is 0.243 e. The number of hydrogen-bond donors (Lipinski definition) is 2. The molecule has 1 aliphatic heterocycles. The standard InChI is InChI=1S/C16H24ClN3O3S2/c1-3-4-12(2)18-16(24)19-15-11-13(5-6-14(15)17)25(21,22)20-7-9-23-10-8-20/h5-6,11-12H,3-4,7-10H2,1-2H3,(H2,18,19,24). The lowest BCUT2D eigenvalue weighted by molar-refractivity contribution is 0.0730. The smallest absolute Gasteiger partial charge is 0.243 e. The average molecular weight is 406 g/mol. The molecule has 6 nitrogen and oxygen atoms in total. The quantitative estimate of drug-likeness (QED) is 0.709. The fourth-order valence-corrected chi connectivity index (χ4v) is 4.49. The van der Waals surface area contributed by atoms with Gasteiger partial charge in [0.05, 0.1) is 28.8 Å². The van der Waals surface area contributed by atoms with E-state index in [-0.39, 0.29) is 10.9 Å². The highest BCUT2D eigenvalue weighted by atomic mass is 35.5. The van der Waals surface area contributed by atoms with Crippen molar-refractivity contribution >= 4 is 44.6 Å². The van der Waals surface area contributed by atoms with Crippen LogP contribution in [-0.2, 0) is 14.8 Å². The van der Waals surface area contributed by atoms with Crippen LogP contribution in [-0.4, -0.2) is 50.2 Å². The number of benzene rings is 1. The molecule has 1 aliphatic rings. The Hall–Kier alpha value is -0.930. The Bertz CT molecular complexity index is 707. The third kappa shape index (κ3) is 5.52. The molecular formula is C16H24ClN3O3S2. The van der Waals surface area contributed by atoms with Crippen LogP contribution < -0.4 is 10.6 Å². The summed E-state index contributed by atoms with van der Waals surface area (Å²) in [5.41, 5.74) is 0.470. The number of anilines is 1. The van der Waals surface area contributed by atoms with Crippen LogP contribution >= 0.6 is 23.8 Å². The highest BCUT2D eigenvalue weighted by Gasteiger charge is 2.27. The number of rotatable bonds is 6. The molecule has 1 heterocycles. The Morgan fingerprint density at radius 2 is 2.08 bits per heavy atom. The molecule has 9 heteroatoms. The van der Waals surface area contributed by atoms with Crippen molar-refractivity contribution in [1.82, 2.24) is 9.62 Å². The molecule has 25 heavy (non-hydrogen) atoms. The molecule has 0 amide bonds. The molecule has 1 aromatic carbocycles. The molecule has 140 valence electrons. The summed E-state index contributed by atoms with van der Waals surface area (Å²) >= 11 is 11.5. The molecule has 1 aromatic rings. The van der Waals surface area contributed by atoms with Crippen molar-refractivity contribution in [3.8, 4) is 0 Å². The molecule has 0 aromatic heterocycles. The number of nitrogens with zero attached hydrogens (tertiary/aromatic N) is 1. The van der Waals surface area contributed by atoms with Gasteiger partial charge in [0.25, 0.3) is 0 Å². The van der Waals surface area contributed by atoms with Crippen molar-refractivity contribution in [3.63, 3.8) is 0 Å². The Balaban J connectivity index is 2.15. The predicted molar refractivity (Wildman–Crippen MR) is 105 cm³/mol. The topological polar surface area (TPSA) is 70.7 Å². The van der Waals surface area contributed by atoms with Gasteiger partial charge in [-0.05, 0) is 43.8 Å². The monoisotopic (exact) mass is 405 g/mol. The van der Waals surface area contributed by atoms with Gasteiger partial charge in [-0.25, -0.2) is 8.42 Å². The summed E-state index contributed by atoms with van der Waals surface area (Å²) in [7, 11) is -3.58. The van der Waals surface area contributed by atoms with Gasteiger partial charge in [-0.1, -0.05) is 24.9 Å². The van der Waals surface area contributed by atoms with Crippen LogP contribution in [0, 0.1) is 0 Å². The van der Waals surface area contributed by atoms with Gasteiger partial charge in [-0.2, -0.15) is 4.31 Å². The summed E-state index contributed by atoms with van der Waals surface area (Å²) in [6.45, 7) is 5.65. The fourth-order valence-electron chi connectivity index (χ4n) is 2.58. The highest BCUT2D eigenvalue weighted by molar-refractivity contribution is 7.89. The van der Waals surface area contributed by atoms with E-state index in [2.05, 4.69) is 17.6 Å². The first-order valence-corrected chi connectivity index (χ1v) is 10.5. The number of ether oxygens (including phenoxy) is 1. The number of nitrogens with one attached hydrogen (secondary N) is 2. The fraction of sp³-hybridized carbons (Fsp3) is 0.562. The van der Waals surface area contributed by atoms with E-state index in [0.717, 1.165) is 12.8 Å². The molecule has 2 N–H and O–H groups in total. The molecule has 1 fully saturated rings. The number of thiocarbonyl (C=S) groups is 1. The zero-order valence-corrected chi connectivity index (χ0v) is 16.8. The van der Waals surface area contributed by atoms with E-state index in [1.54, 1.807) is 6.07 Å². The lowest BCUT2D eigenvalue weighted by Crippen LogP contribution is -2.40. The molecule has 1 atom stereocenters. The van der Waals surface area contributed by atoms with E-state index < -0.39 is 10.0 Å². The van der Waals surface area contributed by atoms with Crippen LogP contribution in [0.4, 0.5) is 5.69 Å². The number of hydrogen-bond acceptors (Lipinski definition) is 4. The second-order valence-corrected chi connectivity index (χ2v) is 8.70. The Labute approximate surface area is 159 Å². The van der Waals surface area contributed by atoms with Crippen molar-refractivity contribution < 1.29 is 13.2 Å². The van der Waals surface area contributed by atoms with Crippen LogP contribution in [0.3, 0.4) is 0 Å². The summed E-state index contributed by atoms with van der Waals surface area (Å²) in [6.07, 6.45) is 2.03. The minimum absolute atomic E-state index is 0.186. The van der Waals surface area contributed by atoms with Gasteiger partial charge in [-0.3, -0.25) is 0 Å². The first-order valence-electron chi connectivity index (χ1n) is 8.29. The van der Waals surface area contributed by atoms with Crippen molar-refractivity contribution in [2.24, 2.45) is 0 Å². The molecule has 0 spiro atoms. The van der Waals surface area contributed by atoms with Crippen molar-refractivity contribution in [3.05, 3.63) is 23.2 Å². The Kier molecular flexibility index (Phi) is 7.45. The average Bonchev–Trinajstić information content (AvgIpc) is 2.57. The second-order valence-electron chi connectivity index (χ2n) is 5.95. The maximum absolute atomic E-state index is 12.8. The van der Waals surface area contributed by atoms with Gasteiger partial charge in [0.1, 0.15) is 0 Å². The summed E-state index contributed by atoms with van der Waals surface area (Å²) in [5, 5.41) is 6.99. The number of sulfonamides is 1. The van der Waals surface area contributed by atoms with Crippen molar-refractivity contribution in [2.45, 2.75) is 37.6 Å². The maximum atomic E-state index is 12.8. The normalized spacial score (nSPS) is 17.1. The lowest BCUT2D eigenvalue weighted by atomic mass is 10.2. The highest BCUT2D eigenvalue weighted by Crippen LogP contribution is 2.27. The minimum Gasteiger partial charge on any atom is -0.379 e. The van der Waals surface area contributed by atoms with E-state index in [1.165, 1.54) is 16.4 Å². The first-order chi connectivity index (χ1) is 11.8. The van der Waals surface area contributed by atoms with Crippen LogP contribution in [0.2, 0.25) is 5.02 Å². The van der Waals surface area contributed by atoms with Gasteiger partial charge in [-0.15, -0.1) is 0 Å². The summed E-state index contributed by atoms with van der Waals surface area (Å²) in [4.78, 5) is 0.186. The van der Waals surface area contributed by atoms with Crippen LogP contribution in [0.5, 0.6) is 0 Å². The first kappa shape index (κ1) is 20.4. The zero-order chi connectivity index (χ0) is 18.4. The Morgan fingerprint density at radius 1 is 1.40 bits per heavy atom. The molecule has 0 radical (unpaired) electrons. The van der Waals surface area contributed by atoms with Crippen LogP contribution in [0.25, 0.3) is 0 Å². The summed E-state index contributed by atoms with van der Waals surface area (Å²) < 4.78 is 32.1. The van der Waals surface area contributed by atoms with E-state index in [4.69, 9.17) is 28.6 Å². The molecule has 1 saturated heterocycles. The summed E-state index contributed by atoms with van der Waals surface area (Å²) in [6, 6.07) is 4.82. The van der Waals surface area contributed by atoms with Gasteiger partial charge in [0.15, 0.2) is 5.11 Å². The van der Waals surface area contributed by atoms with E-state index in [9.17, 15) is 8.42 Å². The lowest BCUT2D eigenvalue weighted by Gasteiger charge is -2.26. The van der Waals surface area contributed by atoms with Gasteiger partial charge >= 0.3 is 0 Å². The number of morpholine rings is 1. The molecular weight excluding hydrogens is 382 g/mol. The third-order valence-electron chi connectivity index (χ3n) is 3.89. The van der Waals surface area contributed by atoms with Gasteiger partial charge < -0.3 is 15.4 Å². The van der Waals surface area contributed by atoms with Crippen molar-refractivity contribution in [1.29, 1.82) is 0 Å². The minimum atomic E-state index is -3.58. The van der Waals surface area contributed by atoms with Gasteiger partial charge in [0, 0.05) is 19.1 Å². The Morgan fingerprint density at radius 3 is 2.72 bits per heavy atom. The zero-order valence-electron chi connectivity index (χ0n) is 14.4. The SMILES string of the molecule is CCCC(C)NC(=S)Nc1cc(S(=O)(=O)N2CCOCC2)ccc1Cl. The molecule has 0 saturated carbocycles. The largest absolute Gasteiger partial charge is 0.379 e. The molecule has 0 aliphatic carbocycles. The van der Waals surface area contributed by atoms with Crippen molar-refractivity contribution in [2.75, 3.05) is 31.6 Å². The van der Waals surface area contributed by atoms with E-state index in [0.29, 0.717) is 42.1 Å². The summed E-state index contributed by atoms with van der Waals surface area (Å²) in [5.74, 6) is 0. The van der Waals surface area contributed by atoms with Gasteiger partial charge in [0.2, 0.25) is 10.0 Å². The van der Waals surface area contributed by atoms with E-state index >= 15 is 0 Å². The molecule has 1 unspecified atom stereocenters. The predicted octanol–water partition coefficient (Wildman–Crippen LogP) is 2.84. The van der Waals surface area contributed by atoms with Crippen LogP contribution in [0.15, 0.2) is 23.1 Å².